The monoisotopic (exact) mass is 386 g/mol. The van der Waals surface area contributed by atoms with Crippen LogP contribution in [0, 0.1) is 5.92 Å². The van der Waals surface area contributed by atoms with E-state index < -0.39 is 0 Å². The van der Waals surface area contributed by atoms with Crippen molar-refractivity contribution in [2.75, 3.05) is 34.4 Å². The largest absolute Gasteiger partial charge is 0.493 e. The van der Waals surface area contributed by atoms with E-state index in [2.05, 4.69) is 18.8 Å². The van der Waals surface area contributed by atoms with Gasteiger partial charge in [-0.05, 0) is 48.6 Å². The van der Waals surface area contributed by atoms with Gasteiger partial charge in [0.25, 0.3) is 5.91 Å². The van der Waals surface area contributed by atoms with Crippen LogP contribution in [0.1, 0.15) is 36.2 Å². The molecule has 0 aliphatic heterocycles. The van der Waals surface area contributed by atoms with Crippen molar-refractivity contribution in [3.8, 4) is 17.4 Å². The molecule has 0 spiro atoms. The van der Waals surface area contributed by atoms with Crippen LogP contribution in [0.5, 0.6) is 17.4 Å². The van der Waals surface area contributed by atoms with Crippen LogP contribution in [0.15, 0.2) is 36.5 Å². The molecule has 0 aliphatic rings. The minimum absolute atomic E-state index is 0.104. The van der Waals surface area contributed by atoms with E-state index in [1.807, 2.05) is 18.2 Å². The van der Waals surface area contributed by atoms with Crippen LogP contribution in [0.3, 0.4) is 0 Å². The van der Waals surface area contributed by atoms with Gasteiger partial charge in [-0.25, -0.2) is 4.98 Å². The maximum atomic E-state index is 12.9. The molecule has 0 saturated heterocycles. The molecule has 6 nitrogen and oxygen atoms in total. The van der Waals surface area contributed by atoms with Gasteiger partial charge in [0.1, 0.15) is 5.56 Å². The molecule has 2 rings (SSSR count). The summed E-state index contributed by atoms with van der Waals surface area (Å²) in [6, 6.07) is 9.29. The van der Waals surface area contributed by atoms with Crippen LogP contribution in [0.25, 0.3) is 0 Å². The van der Waals surface area contributed by atoms with Gasteiger partial charge < -0.3 is 19.1 Å². The zero-order valence-corrected chi connectivity index (χ0v) is 17.4. The summed E-state index contributed by atoms with van der Waals surface area (Å²) in [5, 5.41) is 0. The third kappa shape index (κ3) is 5.87. The molecular formula is C22H30N2O4. The second kappa shape index (κ2) is 10.5. The number of carbonyl (C=O) groups is 1. The van der Waals surface area contributed by atoms with Crippen molar-refractivity contribution in [1.82, 2.24) is 9.88 Å². The quantitative estimate of drug-likeness (QED) is 0.621. The molecule has 0 radical (unpaired) electrons. The standard InChI is InChI=1S/C22H30N2O4/c1-16(2)11-14-28-21-18(7-6-12-23-21)22(25)24(3)13-10-17-8-9-19(26-4)20(15-17)27-5/h6-9,12,15-16H,10-11,13-14H2,1-5H3. The zero-order valence-electron chi connectivity index (χ0n) is 17.4. The summed E-state index contributed by atoms with van der Waals surface area (Å²) in [5.74, 6) is 2.20. The van der Waals surface area contributed by atoms with E-state index in [1.165, 1.54) is 0 Å². The number of aromatic nitrogens is 1. The molecule has 1 amide bonds. The van der Waals surface area contributed by atoms with Crippen LogP contribution >= 0.6 is 0 Å². The number of hydrogen-bond acceptors (Lipinski definition) is 5. The number of rotatable bonds is 10. The van der Waals surface area contributed by atoms with Gasteiger partial charge >= 0.3 is 0 Å². The summed E-state index contributed by atoms with van der Waals surface area (Å²) < 4.78 is 16.4. The van der Waals surface area contributed by atoms with Crippen molar-refractivity contribution >= 4 is 5.91 Å². The van der Waals surface area contributed by atoms with Gasteiger partial charge in [-0.3, -0.25) is 4.79 Å². The number of amides is 1. The Kier molecular flexibility index (Phi) is 8.11. The van der Waals surface area contributed by atoms with Gasteiger partial charge in [-0.1, -0.05) is 19.9 Å². The molecule has 0 bridgehead atoms. The Hall–Kier alpha value is -2.76. The van der Waals surface area contributed by atoms with Gasteiger partial charge in [0.15, 0.2) is 11.5 Å². The highest BCUT2D eigenvalue weighted by atomic mass is 16.5. The Labute approximate surface area is 167 Å². The first-order valence-corrected chi connectivity index (χ1v) is 9.50. The van der Waals surface area contributed by atoms with Crippen LogP contribution in [-0.2, 0) is 6.42 Å². The Balaban J connectivity index is 2.01. The number of ether oxygens (including phenoxy) is 3. The Morgan fingerprint density at radius 1 is 1.14 bits per heavy atom. The highest BCUT2D eigenvalue weighted by molar-refractivity contribution is 5.96. The molecule has 0 unspecified atom stereocenters. The predicted molar refractivity (Wildman–Crippen MR) is 109 cm³/mol. The molecule has 0 fully saturated rings. The molecule has 0 N–H and O–H groups in total. The number of methoxy groups -OCH3 is 2. The lowest BCUT2D eigenvalue weighted by molar-refractivity contribution is 0.0791. The molecule has 1 heterocycles. The first-order chi connectivity index (χ1) is 13.5. The smallest absolute Gasteiger partial charge is 0.259 e. The molecular weight excluding hydrogens is 356 g/mol. The number of carbonyl (C=O) groups excluding carboxylic acids is 1. The third-order valence-corrected chi connectivity index (χ3v) is 4.47. The maximum Gasteiger partial charge on any atom is 0.259 e. The lowest BCUT2D eigenvalue weighted by Crippen LogP contribution is -2.29. The van der Waals surface area contributed by atoms with Crippen LogP contribution < -0.4 is 14.2 Å². The average molecular weight is 386 g/mol. The lowest BCUT2D eigenvalue weighted by atomic mass is 10.1. The lowest BCUT2D eigenvalue weighted by Gasteiger charge is -2.19. The number of nitrogens with zero attached hydrogens (tertiary/aromatic N) is 2. The summed E-state index contributed by atoms with van der Waals surface area (Å²) in [7, 11) is 5.01. The van der Waals surface area contributed by atoms with Crippen molar-refractivity contribution in [1.29, 1.82) is 0 Å². The molecule has 0 saturated carbocycles. The van der Waals surface area contributed by atoms with E-state index in [9.17, 15) is 4.79 Å². The van der Waals surface area contributed by atoms with Gasteiger partial charge in [-0.15, -0.1) is 0 Å². The van der Waals surface area contributed by atoms with Crippen molar-refractivity contribution < 1.29 is 19.0 Å². The minimum Gasteiger partial charge on any atom is -0.493 e. The van der Waals surface area contributed by atoms with E-state index in [0.717, 1.165) is 12.0 Å². The van der Waals surface area contributed by atoms with Crippen molar-refractivity contribution in [2.45, 2.75) is 26.7 Å². The number of benzene rings is 1. The first-order valence-electron chi connectivity index (χ1n) is 9.50. The van der Waals surface area contributed by atoms with E-state index in [4.69, 9.17) is 14.2 Å². The topological polar surface area (TPSA) is 60.9 Å². The Morgan fingerprint density at radius 3 is 2.57 bits per heavy atom. The fourth-order valence-electron chi connectivity index (χ4n) is 2.70. The van der Waals surface area contributed by atoms with Crippen LogP contribution in [-0.4, -0.2) is 50.2 Å². The number of hydrogen-bond donors (Lipinski definition) is 0. The van der Waals surface area contributed by atoms with E-state index >= 15 is 0 Å². The van der Waals surface area contributed by atoms with Crippen molar-refractivity contribution in [2.24, 2.45) is 5.92 Å². The number of likely N-dealkylation sites (N-methyl/N-ethyl adjacent to an activating group) is 1. The highest BCUT2D eigenvalue weighted by Gasteiger charge is 2.18. The predicted octanol–water partition coefficient (Wildman–Crippen LogP) is 3.84. The molecule has 1 aromatic heterocycles. The fourth-order valence-corrected chi connectivity index (χ4v) is 2.70. The summed E-state index contributed by atoms with van der Waals surface area (Å²) in [5.41, 5.74) is 1.55. The second-order valence-electron chi connectivity index (χ2n) is 7.05. The molecule has 152 valence electrons. The van der Waals surface area contributed by atoms with Crippen molar-refractivity contribution in [3.05, 3.63) is 47.7 Å². The first kappa shape index (κ1) is 21.5. The Morgan fingerprint density at radius 2 is 1.89 bits per heavy atom. The highest BCUT2D eigenvalue weighted by Crippen LogP contribution is 2.27. The summed E-state index contributed by atoms with van der Waals surface area (Å²) in [6.07, 6.45) is 3.26. The third-order valence-electron chi connectivity index (χ3n) is 4.47. The molecule has 1 aromatic carbocycles. The van der Waals surface area contributed by atoms with Gasteiger partial charge in [-0.2, -0.15) is 0 Å². The van der Waals surface area contributed by atoms with E-state index in [0.29, 0.717) is 48.4 Å². The van der Waals surface area contributed by atoms with Gasteiger partial charge in [0.2, 0.25) is 5.88 Å². The van der Waals surface area contributed by atoms with Crippen LogP contribution in [0.4, 0.5) is 0 Å². The summed E-state index contributed by atoms with van der Waals surface area (Å²) >= 11 is 0. The Bertz CT molecular complexity index is 777. The van der Waals surface area contributed by atoms with E-state index in [-0.39, 0.29) is 5.91 Å². The molecule has 0 aliphatic carbocycles. The normalized spacial score (nSPS) is 10.6. The molecule has 6 heteroatoms. The zero-order chi connectivity index (χ0) is 20.5. The summed E-state index contributed by atoms with van der Waals surface area (Å²) in [6.45, 7) is 5.38. The SMILES string of the molecule is COc1ccc(CCN(C)C(=O)c2cccnc2OCCC(C)C)cc1OC. The van der Waals surface area contributed by atoms with Crippen LogP contribution in [0.2, 0.25) is 0 Å². The fraction of sp³-hybridized carbons (Fsp3) is 0.455. The van der Waals surface area contributed by atoms with Gasteiger partial charge in [0, 0.05) is 19.8 Å². The molecule has 0 atom stereocenters. The molecule has 28 heavy (non-hydrogen) atoms. The van der Waals surface area contributed by atoms with Gasteiger partial charge in [0.05, 0.1) is 20.8 Å². The van der Waals surface area contributed by atoms with E-state index in [1.54, 1.807) is 44.5 Å². The minimum atomic E-state index is -0.104. The number of pyridine rings is 1. The molecule has 2 aromatic rings. The summed E-state index contributed by atoms with van der Waals surface area (Å²) in [4.78, 5) is 18.8. The second-order valence-corrected chi connectivity index (χ2v) is 7.05. The average Bonchev–Trinajstić information content (AvgIpc) is 2.71. The van der Waals surface area contributed by atoms with Crippen molar-refractivity contribution in [3.63, 3.8) is 0 Å². The maximum absolute atomic E-state index is 12.9.